The molecule has 2 N–H and O–H groups in total. The Kier molecular flexibility index (Phi) is 5.78. The van der Waals surface area contributed by atoms with E-state index in [4.69, 9.17) is 4.74 Å². The van der Waals surface area contributed by atoms with Crippen LogP contribution in [0.15, 0.2) is 49.4 Å². The molecule has 0 spiro atoms. The van der Waals surface area contributed by atoms with Crippen molar-refractivity contribution in [3.63, 3.8) is 0 Å². The van der Waals surface area contributed by atoms with Crippen molar-refractivity contribution < 1.29 is 4.74 Å². The maximum Gasteiger partial charge on any atom is 0.0879 e. The largest absolute Gasteiger partial charge is 0.378 e. The predicted octanol–water partition coefficient (Wildman–Crippen LogP) is 4.30. The molecule has 0 aromatic carbocycles. The highest BCUT2D eigenvalue weighted by Crippen LogP contribution is 2.29. The summed E-state index contributed by atoms with van der Waals surface area (Å²) in [6.45, 7) is 13.2. The SMILES string of the molecule is C=C(/C=C\C=C/C)c1[nH]ncc1NC(=C)[C@H]1CCCO[C@H]1C. The fourth-order valence-electron chi connectivity index (χ4n) is 2.64. The lowest BCUT2D eigenvalue weighted by Gasteiger charge is -2.31. The molecule has 2 atom stereocenters. The summed E-state index contributed by atoms with van der Waals surface area (Å²) in [5.74, 6) is 0.323. The van der Waals surface area contributed by atoms with E-state index < -0.39 is 0 Å². The van der Waals surface area contributed by atoms with E-state index in [9.17, 15) is 0 Å². The minimum absolute atomic E-state index is 0.196. The number of anilines is 1. The number of ether oxygens (including phenoxy) is 1. The Morgan fingerprint density at radius 1 is 1.45 bits per heavy atom. The van der Waals surface area contributed by atoms with Gasteiger partial charge in [0.1, 0.15) is 0 Å². The molecule has 1 saturated heterocycles. The molecule has 4 heteroatoms. The molecule has 2 heterocycles. The van der Waals surface area contributed by atoms with E-state index in [0.29, 0.717) is 5.92 Å². The number of rotatable bonds is 6. The highest BCUT2D eigenvalue weighted by atomic mass is 16.5. The van der Waals surface area contributed by atoms with Gasteiger partial charge in [-0.15, -0.1) is 0 Å². The van der Waals surface area contributed by atoms with E-state index in [0.717, 1.165) is 42.1 Å². The fourth-order valence-corrected chi connectivity index (χ4v) is 2.64. The van der Waals surface area contributed by atoms with Gasteiger partial charge in [0, 0.05) is 18.2 Å². The van der Waals surface area contributed by atoms with Crippen molar-refractivity contribution in [2.75, 3.05) is 11.9 Å². The molecule has 1 aliphatic rings. The van der Waals surface area contributed by atoms with Gasteiger partial charge in [-0.2, -0.15) is 5.10 Å². The first-order valence-electron chi connectivity index (χ1n) is 7.73. The smallest absolute Gasteiger partial charge is 0.0879 e. The second kappa shape index (κ2) is 7.80. The molecule has 1 aromatic heterocycles. The molecular formula is C18H25N3O. The Labute approximate surface area is 132 Å². The van der Waals surface area contributed by atoms with Crippen LogP contribution in [0.1, 0.15) is 32.4 Å². The van der Waals surface area contributed by atoms with Crippen LogP contribution in [0.25, 0.3) is 5.57 Å². The second-order valence-corrected chi connectivity index (χ2v) is 5.54. The van der Waals surface area contributed by atoms with Gasteiger partial charge in [-0.3, -0.25) is 5.10 Å². The van der Waals surface area contributed by atoms with Crippen molar-refractivity contribution in [3.8, 4) is 0 Å². The molecule has 0 saturated carbocycles. The van der Waals surface area contributed by atoms with Crippen molar-refractivity contribution in [2.45, 2.75) is 32.8 Å². The molecule has 0 radical (unpaired) electrons. The third-order valence-corrected chi connectivity index (χ3v) is 3.91. The zero-order valence-electron chi connectivity index (χ0n) is 13.4. The van der Waals surface area contributed by atoms with Crippen LogP contribution in [0, 0.1) is 5.92 Å². The van der Waals surface area contributed by atoms with Crippen molar-refractivity contribution in [1.29, 1.82) is 0 Å². The summed E-state index contributed by atoms with van der Waals surface area (Å²) in [6.07, 6.45) is 12.0. The van der Waals surface area contributed by atoms with Crippen molar-refractivity contribution in [1.82, 2.24) is 10.2 Å². The number of nitrogens with one attached hydrogen (secondary N) is 2. The van der Waals surface area contributed by atoms with Gasteiger partial charge in [0.05, 0.1) is 23.7 Å². The first-order chi connectivity index (χ1) is 10.6. The average Bonchev–Trinajstić information content (AvgIpc) is 2.96. The van der Waals surface area contributed by atoms with Crippen molar-refractivity contribution >= 4 is 11.3 Å². The molecular weight excluding hydrogens is 274 g/mol. The fraction of sp³-hybridized carbons (Fsp3) is 0.389. The zero-order valence-corrected chi connectivity index (χ0v) is 13.4. The van der Waals surface area contributed by atoms with Crippen LogP contribution in [0.5, 0.6) is 0 Å². The average molecular weight is 299 g/mol. The number of aromatic amines is 1. The third-order valence-electron chi connectivity index (χ3n) is 3.91. The van der Waals surface area contributed by atoms with Crippen LogP contribution < -0.4 is 5.32 Å². The lowest BCUT2D eigenvalue weighted by molar-refractivity contribution is -0.00160. The zero-order chi connectivity index (χ0) is 15.9. The lowest BCUT2D eigenvalue weighted by atomic mass is 9.92. The van der Waals surface area contributed by atoms with Gasteiger partial charge in [-0.1, -0.05) is 37.5 Å². The monoisotopic (exact) mass is 299 g/mol. The van der Waals surface area contributed by atoms with Gasteiger partial charge >= 0.3 is 0 Å². The molecule has 0 amide bonds. The second-order valence-electron chi connectivity index (χ2n) is 5.54. The first kappa shape index (κ1) is 16.3. The standard InChI is InChI=1S/C18H25N3O/c1-5-6-7-9-13(2)18-17(12-19-21-18)20-14(3)16-10-8-11-22-15(16)4/h5-7,9,12,15-16,20H,2-3,8,10-11H2,1,4H3,(H,19,21)/b6-5-,9-7-/t15-,16+/m0/s1. The van der Waals surface area contributed by atoms with Gasteiger partial charge in [-0.05, 0) is 32.3 Å². The van der Waals surface area contributed by atoms with E-state index in [-0.39, 0.29) is 6.10 Å². The summed E-state index contributed by atoms with van der Waals surface area (Å²) in [5.41, 5.74) is 3.63. The maximum atomic E-state index is 5.71. The third kappa shape index (κ3) is 3.98. The number of hydrogen-bond donors (Lipinski definition) is 2. The number of allylic oxidation sites excluding steroid dienone is 5. The van der Waals surface area contributed by atoms with Gasteiger partial charge in [0.2, 0.25) is 0 Å². The van der Waals surface area contributed by atoms with Crippen LogP contribution >= 0.6 is 0 Å². The van der Waals surface area contributed by atoms with E-state index in [1.165, 1.54) is 0 Å². The summed E-state index contributed by atoms with van der Waals surface area (Å²) < 4.78 is 5.71. The predicted molar refractivity (Wildman–Crippen MR) is 92.5 cm³/mol. The summed E-state index contributed by atoms with van der Waals surface area (Å²) in [5, 5.41) is 10.5. The highest BCUT2D eigenvalue weighted by molar-refractivity contribution is 5.78. The van der Waals surface area contributed by atoms with Gasteiger partial charge in [0.15, 0.2) is 0 Å². The van der Waals surface area contributed by atoms with E-state index in [2.05, 4.69) is 35.6 Å². The Balaban J connectivity index is 2.06. The topological polar surface area (TPSA) is 49.9 Å². The van der Waals surface area contributed by atoms with Crippen LogP contribution in [0.4, 0.5) is 5.69 Å². The molecule has 1 aliphatic heterocycles. The number of nitrogens with zero attached hydrogens (tertiary/aromatic N) is 1. The van der Waals surface area contributed by atoms with E-state index in [1.54, 1.807) is 6.20 Å². The Bertz CT molecular complexity index is 583. The molecule has 22 heavy (non-hydrogen) atoms. The Hall–Kier alpha value is -2.07. The van der Waals surface area contributed by atoms with Crippen LogP contribution in [-0.4, -0.2) is 22.9 Å². The number of H-pyrrole nitrogens is 1. The molecule has 2 rings (SSSR count). The van der Waals surface area contributed by atoms with Gasteiger partial charge in [0.25, 0.3) is 0 Å². The summed E-state index contributed by atoms with van der Waals surface area (Å²) >= 11 is 0. The number of aromatic nitrogens is 2. The Morgan fingerprint density at radius 2 is 2.27 bits per heavy atom. The normalized spacial score (nSPS) is 22.3. The highest BCUT2D eigenvalue weighted by Gasteiger charge is 2.25. The molecule has 118 valence electrons. The molecule has 0 bridgehead atoms. The number of hydrogen-bond acceptors (Lipinski definition) is 3. The molecule has 0 unspecified atom stereocenters. The molecule has 0 aliphatic carbocycles. The van der Waals surface area contributed by atoms with E-state index >= 15 is 0 Å². The molecule has 1 aromatic rings. The Morgan fingerprint density at radius 3 is 3.00 bits per heavy atom. The minimum Gasteiger partial charge on any atom is -0.378 e. The molecule has 1 fully saturated rings. The van der Waals surface area contributed by atoms with Crippen LogP contribution in [0.2, 0.25) is 0 Å². The summed E-state index contributed by atoms with van der Waals surface area (Å²) in [7, 11) is 0. The van der Waals surface area contributed by atoms with Gasteiger partial charge < -0.3 is 10.1 Å². The first-order valence-corrected chi connectivity index (χ1v) is 7.73. The van der Waals surface area contributed by atoms with Crippen LogP contribution in [-0.2, 0) is 4.74 Å². The quantitative estimate of drug-likeness (QED) is 0.770. The minimum atomic E-state index is 0.196. The summed E-state index contributed by atoms with van der Waals surface area (Å²) in [4.78, 5) is 0. The van der Waals surface area contributed by atoms with Crippen LogP contribution in [0.3, 0.4) is 0 Å². The van der Waals surface area contributed by atoms with Crippen molar-refractivity contribution in [3.05, 3.63) is 55.0 Å². The lowest BCUT2D eigenvalue weighted by Crippen LogP contribution is -2.30. The van der Waals surface area contributed by atoms with E-state index in [1.807, 2.05) is 31.2 Å². The van der Waals surface area contributed by atoms with Gasteiger partial charge in [-0.25, -0.2) is 0 Å². The maximum absolute atomic E-state index is 5.71. The molecule has 4 nitrogen and oxygen atoms in total. The van der Waals surface area contributed by atoms with Crippen molar-refractivity contribution in [2.24, 2.45) is 5.92 Å². The summed E-state index contributed by atoms with van der Waals surface area (Å²) in [6, 6.07) is 0.